The largest absolute Gasteiger partial charge is 0.507 e. The first-order valence-corrected chi connectivity index (χ1v) is 6.70. The van der Waals surface area contributed by atoms with Gasteiger partial charge in [-0.2, -0.15) is 0 Å². The molecule has 0 fully saturated rings. The summed E-state index contributed by atoms with van der Waals surface area (Å²) in [6.07, 6.45) is -0.314. The smallest absolute Gasteiger partial charge is 0.339 e. The quantitative estimate of drug-likeness (QED) is 0.524. The van der Waals surface area contributed by atoms with Crippen molar-refractivity contribution in [2.24, 2.45) is 0 Å². The second-order valence-corrected chi connectivity index (χ2v) is 4.87. The van der Waals surface area contributed by atoms with Crippen molar-refractivity contribution in [2.45, 2.75) is 6.42 Å². The summed E-state index contributed by atoms with van der Waals surface area (Å²) in [6.45, 7) is 0. The molecular weight excluding hydrogens is 318 g/mol. The highest BCUT2D eigenvalue weighted by Crippen LogP contribution is 2.28. The van der Waals surface area contributed by atoms with Gasteiger partial charge < -0.3 is 25.7 Å². The lowest BCUT2D eigenvalue weighted by atomic mass is 10.1. The van der Waals surface area contributed by atoms with Gasteiger partial charge in [0.2, 0.25) is 0 Å². The fourth-order valence-corrected chi connectivity index (χ4v) is 2.08. The number of aromatic hydroxyl groups is 2. The Morgan fingerprint density at radius 1 is 0.917 bits per heavy atom. The Labute approximate surface area is 135 Å². The van der Waals surface area contributed by atoms with E-state index in [2.05, 4.69) is 5.32 Å². The summed E-state index contributed by atoms with van der Waals surface area (Å²) in [5.74, 6) is -4.66. The van der Waals surface area contributed by atoms with Gasteiger partial charge in [0.1, 0.15) is 17.1 Å². The average Bonchev–Trinajstić information content (AvgIpc) is 2.50. The van der Waals surface area contributed by atoms with Gasteiger partial charge >= 0.3 is 11.9 Å². The number of hydrogen-bond acceptors (Lipinski definition) is 5. The van der Waals surface area contributed by atoms with Crippen molar-refractivity contribution in [3.63, 3.8) is 0 Å². The summed E-state index contributed by atoms with van der Waals surface area (Å²) in [4.78, 5) is 33.9. The number of amides is 1. The third-order valence-electron chi connectivity index (χ3n) is 3.20. The minimum Gasteiger partial charge on any atom is -0.507 e. The number of carbonyl (C=O) groups is 3. The van der Waals surface area contributed by atoms with E-state index in [9.17, 15) is 24.6 Å². The topological polar surface area (TPSA) is 144 Å². The van der Waals surface area contributed by atoms with Crippen molar-refractivity contribution < 1.29 is 34.8 Å². The van der Waals surface area contributed by atoms with Gasteiger partial charge in [0, 0.05) is 5.69 Å². The van der Waals surface area contributed by atoms with Crippen LogP contribution >= 0.6 is 0 Å². The van der Waals surface area contributed by atoms with Crippen LogP contribution in [0, 0.1) is 0 Å². The van der Waals surface area contributed by atoms with Gasteiger partial charge in [-0.3, -0.25) is 9.59 Å². The zero-order chi connectivity index (χ0) is 17.9. The third-order valence-corrected chi connectivity index (χ3v) is 3.20. The molecule has 8 heteroatoms. The van der Waals surface area contributed by atoms with E-state index >= 15 is 0 Å². The molecule has 24 heavy (non-hydrogen) atoms. The molecule has 2 rings (SSSR count). The molecule has 0 atom stereocenters. The van der Waals surface area contributed by atoms with Gasteiger partial charge in [-0.15, -0.1) is 0 Å². The monoisotopic (exact) mass is 331 g/mol. The Balaban J connectivity index is 2.33. The predicted molar refractivity (Wildman–Crippen MR) is 82.5 cm³/mol. The Morgan fingerprint density at radius 2 is 1.50 bits per heavy atom. The highest BCUT2D eigenvalue weighted by Gasteiger charge is 2.19. The van der Waals surface area contributed by atoms with Crippen LogP contribution in [0.3, 0.4) is 0 Å². The number of hydrogen-bond donors (Lipinski definition) is 5. The Morgan fingerprint density at radius 3 is 2.12 bits per heavy atom. The lowest BCUT2D eigenvalue weighted by molar-refractivity contribution is -0.136. The van der Waals surface area contributed by atoms with Gasteiger partial charge in [0.05, 0.1) is 12.0 Å². The number of carboxylic acid groups (broad SMARTS) is 2. The Hall–Kier alpha value is -3.55. The molecule has 5 N–H and O–H groups in total. The molecule has 0 unspecified atom stereocenters. The minimum absolute atomic E-state index is 0.228. The number of aromatic carboxylic acids is 1. The zero-order valence-electron chi connectivity index (χ0n) is 12.2. The second kappa shape index (κ2) is 6.69. The molecule has 0 radical (unpaired) electrons. The Kier molecular flexibility index (Phi) is 4.69. The van der Waals surface area contributed by atoms with E-state index in [1.54, 1.807) is 12.1 Å². The van der Waals surface area contributed by atoms with Crippen molar-refractivity contribution in [3.8, 4) is 11.5 Å². The maximum Gasteiger partial charge on any atom is 0.339 e. The lowest BCUT2D eigenvalue weighted by Crippen LogP contribution is -2.15. The molecule has 1 amide bonds. The van der Waals surface area contributed by atoms with E-state index in [1.807, 2.05) is 0 Å². The molecule has 0 aliphatic heterocycles. The number of phenolic OH excluding ortho intramolecular Hbond substituents is 1. The summed E-state index contributed by atoms with van der Waals surface area (Å²) < 4.78 is 0. The van der Waals surface area contributed by atoms with Gasteiger partial charge in [-0.05, 0) is 23.8 Å². The number of phenols is 2. The molecule has 124 valence electrons. The van der Waals surface area contributed by atoms with E-state index in [0.717, 1.165) is 12.1 Å². The van der Waals surface area contributed by atoms with Crippen LogP contribution < -0.4 is 5.32 Å². The van der Waals surface area contributed by atoms with Crippen LogP contribution in [-0.4, -0.2) is 38.3 Å². The molecule has 0 bridgehead atoms. The minimum atomic E-state index is -1.46. The maximum atomic E-state index is 12.2. The van der Waals surface area contributed by atoms with Crippen LogP contribution in [0.25, 0.3) is 0 Å². The van der Waals surface area contributed by atoms with Crippen LogP contribution in [0.5, 0.6) is 11.5 Å². The summed E-state index contributed by atoms with van der Waals surface area (Å²) >= 11 is 0. The van der Waals surface area contributed by atoms with E-state index < -0.39 is 34.9 Å². The van der Waals surface area contributed by atoms with E-state index in [-0.39, 0.29) is 17.7 Å². The SMILES string of the molecule is O=C(O)Cc1ccccc1NC(=O)c1cc(O)c(C(=O)O)cc1O. The first kappa shape index (κ1) is 16.8. The second-order valence-electron chi connectivity index (χ2n) is 4.87. The van der Waals surface area contributed by atoms with Gasteiger partial charge in [-0.25, -0.2) is 4.79 Å². The molecule has 0 saturated carbocycles. The summed E-state index contributed by atoms with van der Waals surface area (Å²) in [5.41, 5.74) is -0.312. The fraction of sp³-hybridized carbons (Fsp3) is 0.0625. The van der Waals surface area contributed by atoms with Gasteiger partial charge in [0.15, 0.2) is 0 Å². The number of benzene rings is 2. The van der Waals surface area contributed by atoms with E-state index in [1.165, 1.54) is 12.1 Å². The third kappa shape index (κ3) is 3.61. The normalized spacial score (nSPS) is 10.2. The first-order valence-electron chi connectivity index (χ1n) is 6.70. The fourth-order valence-electron chi connectivity index (χ4n) is 2.08. The number of carboxylic acids is 2. The molecular formula is C16H13NO7. The zero-order valence-corrected chi connectivity index (χ0v) is 12.2. The van der Waals surface area contributed by atoms with Gasteiger partial charge in [0.25, 0.3) is 5.91 Å². The van der Waals surface area contributed by atoms with E-state index in [0.29, 0.717) is 5.56 Å². The van der Waals surface area contributed by atoms with Gasteiger partial charge in [-0.1, -0.05) is 18.2 Å². The van der Waals surface area contributed by atoms with Crippen molar-refractivity contribution in [2.75, 3.05) is 5.32 Å². The van der Waals surface area contributed by atoms with Crippen molar-refractivity contribution in [1.82, 2.24) is 0 Å². The maximum absolute atomic E-state index is 12.2. The molecule has 2 aromatic rings. The number of carbonyl (C=O) groups excluding carboxylic acids is 1. The molecule has 0 spiro atoms. The van der Waals surface area contributed by atoms with E-state index in [4.69, 9.17) is 10.2 Å². The molecule has 8 nitrogen and oxygen atoms in total. The van der Waals surface area contributed by atoms with Crippen LogP contribution in [-0.2, 0) is 11.2 Å². The summed E-state index contributed by atoms with van der Waals surface area (Å²) in [6, 6.07) is 7.79. The molecule has 0 aliphatic carbocycles. The number of rotatable bonds is 5. The summed E-state index contributed by atoms with van der Waals surface area (Å²) in [7, 11) is 0. The summed E-state index contributed by atoms with van der Waals surface area (Å²) in [5, 5.41) is 39.6. The first-order chi connectivity index (χ1) is 11.3. The average molecular weight is 331 g/mol. The highest BCUT2D eigenvalue weighted by atomic mass is 16.4. The van der Waals surface area contributed by atoms with Crippen LogP contribution in [0.1, 0.15) is 26.3 Å². The van der Waals surface area contributed by atoms with Crippen LogP contribution in [0.2, 0.25) is 0 Å². The number of para-hydroxylation sites is 1. The Bertz CT molecular complexity index is 829. The van der Waals surface area contributed by atoms with Crippen molar-refractivity contribution in [3.05, 3.63) is 53.1 Å². The van der Waals surface area contributed by atoms with Crippen LogP contribution in [0.15, 0.2) is 36.4 Å². The molecule has 0 aliphatic rings. The van der Waals surface area contributed by atoms with Crippen molar-refractivity contribution in [1.29, 1.82) is 0 Å². The standard InChI is InChI=1S/C16H13NO7/c18-12-7-10(16(23)24)13(19)6-9(12)15(22)17-11-4-2-1-3-8(11)5-14(20)21/h1-4,6-7,18-19H,5H2,(H,17,22)(H,20,21)(H,23,24). The molecule has 0 heterocycles. The molecule has 0 aromatic heterocycles. The lowest BCUT2D eigenvalue weighted by Gasteiger charge is -2.11. The highest BCUT2D eigenvalue weighted by molar-refractivity contribution is 6.08. The number of aliphatic carboxylic acids is 1. The molecule has 2 aromatic carbocycles. The number of nitrogens with one attached hydrogen (secondary N) is 1. The molecule has 0 saturated heterocycles. The predicted octanol–water partition coefficient (Wildman–Crippen LogP) is 1.68. The number of anilines is 1. The van der Waals surface area contributed by atoms with Crippen molar-refractivity contribution >= 4 is 23.5 Å². The van der Waals surface area contributed by atoms with Crippen LogP contribution in [0.4, 0.5) is 5.69 Å².